The quantitative estimate of drug-likeness (QED) is 0.891. The second-order valence-electron chi connectivity index (χ2n) is 4.45. The smallest absolute Gasteiger partial charge is 0.255 e. The van der Waals surface area contributed by atoms with E-state index in [2.05, 4.69) is 28.2 Å². The molecule has 2 rings (SSSR count). The molecule has 106 valence electrons. The van der Waals surface area contributed by atoms with Crippen molar-refractivity contribution in [1.82, 2.24) is 10.2 Å². The molecule has 0 aromatic heterocycles. The van der Waals surface area contributed by atoms with E-state index in [-0.39, 0.29) is 18.3 Å². The molecular weight excluding hydrogens is 332 g/mol. The maximum atomic E-state index is 12.4. The number of halogens is 2. The number of nitrogens with zero attached hydrogens (tertiary/aromatic N) is 1. The number of carbonyl (C=O) groups is 1. The number of carbonyl (C=O) groups excluding carboxylic acids is 1. The minimum atomic E-state index is 0. The molecule has 1 aromatic rings. The van der Waals surface area contributed by atoms with Gasteiger partial charge < -0.3 is 15.0 Å². The van der Waals surface area contributed by atoms with Crippen molar-refractivity contribution in [1.29, 1.82) is 0 Å². The van der Waals surface area contributed by atoms with E-state index in [1.54, 1.807) is 13.2 Å². The van der Waals surface area contributed by atoms with Crippen LogP contribution in [0.25, 0.3) is 0 Å². The fourth-order valence-electron chi connectivity index (χ4n) is 2.08. The topological polar surface area (TPSA) is 41.6 Å². The molecule has 0 aliphatic carbocycles. The Hall–Kier alpha value is -0.780. The van der Waals surface area contributed by atoms with Gasteiger partial charge in [0, 0.05) is 30.1 Å². The number of hydrogen-bond acceptors (Lipinski definition) is 3. The van der Waals surface area contributed by atoms with Crippen molar-refractivity contribution in [3.63, 3.8) is 0 Å². The Morgan fingerprint density at radius 3 is 2.89 bits per heavy atom. The lowest BCUT2D eigenvalue weighted by Crippen LogP contribution is -2.51. The first-order chi connectivity index (χ1) is 8.61. The van der Waals surface area contributed by atoms with Crippen LogP contribution in [0.3, 0.4) is 0 Å². The summed E-state index contributed by atoms with van der Waals surface area (Å²) in [7, 11) is 1.60. The van der Waals surface area contributed by atoms with Crippen molar-refractivity contribution in [2.24, 2.45) is 0 Å². The first kappa shape index (κ1) is 16.3. The lowest BCUT2D eigenvalue weighted by molar-refractivity contribution is 0.0708. The third-order valence-electron chi connectivity index (χ3n) is 3.06. The number of amides is 1. The van der Waals surface area contributed by atoms with Gasteiger partial charge in [-0.15, -0.1) is 12.4 Å². The fourth-order valence-corrected chi connectivity index (χ4v) is 2.50. The molecule has 0 bridgehead atoms. The third kappa shape index (κ3) is 3.84. The summed E-state index contributed by atoms with van der Waals surface area (Å²) in [6.07, 6.45) is 0. The van der Waals surface area contributed by atoms with Crippen LogP contribution in [0.2, 0.25) is 0 Å². The van der Waals surface area contributed by atoms with Crippen LogP contribution >= 0.6 is 28.3 Å². The number of methoxy groups -OCH3 is 1. The van der Waals surface area contributed by atoms with E-state index < -0.39 is 0 Å². The van der Waals surface area contributed by atoms with Gasteiger partial charge in [0.25, 0.3) is 5.91 Å². The number of piperazine rings is 1. The highest BCUT2D eigenvalue weighted by atomic mass is 79.9. The molecule has 1 aliphatic heterocycles. The number of nitrogens with one attached hydrogen (secondary N) is 1. The van der Waals surface area contributed by atoms with Crippen LogP contribution < -0.4 is 10.1 Å². The zero-order chi connectivity index (χ0) is 13.1. The number of hydrogen-bond donors (Lipinski definition) is 1. The average Bonchev–Trinajstić information content (AvgIpc) is 2.38. The molecule has 1 N–H and O–H groups in total. The second-order valence-corrected chi connectivity index (χ2v) is 5.31. The van der Waals surface area contributed by atoms with Crippen molar-refractivity contribution in [3.05, 3.63) is 28.2 Å². The summed E-state index contributed by atoms with van der Waals surface area (Å²) >= 11 is 3.42. The van der Waals surface area contributed by atoms with Gasteiger partial charge in [0.05, 0.1) is 12.7 Å². The molecule has 1 amide bonds. The molecule has 1 aliphatic rings. The number of rotatable bonds is 2. The molecule has 4 nitrogen and oxygen atoms in total. The Labute approximate surface area is 128 Å². The summed E-state index contributed by atoms with van der Waals surface area (Å²) in [5.41, 5.74) is 0.656. The van der Waals surface area contributed by atoms with Crippen LogP contribution in [0.15, 0.2) is 22.7 Å². The average molecular weight is 350 g/mol. The summed E-state index contributed by atoms with van der Waals surface area (Å²) in [5.74, 6) is 0.749. The fraction of sp³-hybridized carbons (Fsp3) is 0.462. The van der Waals surface area contributed by atoms with Crippen LogP contribution in [0.1, 0.15) is 17.3 Å². The van der Waals surface area contributed by atoms with Gasteiger partial charge in [-0.1, -0.05) is 0 Å². The summed E-state index contributed by atoms with van der Waals surface area (Å²) in [6.45, 7) is 4.41. The highest BCUT2D eigenvalue weighted by molar-refractivity contribution is 9.10. The second kappa shape index (κ2) is 7.12. The predicted octanol–water partition coefficient (Wildman–Crippen LogP) is 2.31. The molecule has 1 aromatic carbocycles. The highest BCUT2D eigenvalue weighted by Crippen LogP contribution is 2.24. The third-order valence-corrected chi connectivity index (χ3v) is 3.75. The molecule has 0 spiro atoms. The van der Waals surface area contributed by atoms with Crippen LogP contribution in [-0.2, 0) is 0 Å². The molecule has 0 radical (unpaired) electrons. The van der Waals surface area contributed by atoms with Crippen LogP contribution in [0.4, 0.5) is 0 Å². The maximum Gasteiger partial charge on any atom is 0.255 e. The van der Waals surface area contributed by atoms with E-state index >= 15 is 0 Å². The summed E-state index contributed by atoms with van der Waals surface area (Å²) in [4.78, 5) is 14.3. The van der Waals surface area contributed by atoms with Crippen molar-refractivity contribution in [2.75, 3.05) is 26.7 Å². The number of ether oxygens (including phenoxy) is 1. The first-order valence-electron chi connectivity index (χ1n) is 5.98. The Morgan fingerprint density at radius 1 is 1.53 bits per heavy atom. The van der Waals surface area contributed by atoms with Crippen LogP contribution in [-0.4, -0.2) is 43.6 Å². The predicted molar refractivity (Wildman–Crippen MR) is 81.3 cm³/mol. The van der Waals surface area contributed by atoms with E-state index in [0.29, 0.717) is 17.4 Å². The van der Waals surface area contributed by atoms with Gasteiger partial charge >= 0.3 is 0 Å². The zero-order valence-electron chi connectivity index (χ0n) is 11.0. The van der Waals surface area contributed by atoms with Crippen molar-refractivity contribution >= 4 is 34.2 Å². The molecule has 19 heavy (non-hydrogen) atoms. The van der Waals surface area contributed by atoms with Crippen LogP contribution in [0, 0.1) is 0 Å². The number of benzene rings is 1. The van der Waals surface area contributed by atoms with Gasteiger partial charge in [-0.3, -0.25) is 4.79 Å². The van der Waals surface area contributed by atoms with E-state index in [4.69, 9.17) is 4.74 Å². The van der Waals surface area contributed by atoms with Gasteiger partial charge in [0.15, 0.2) is 0 Å². The Bertz CT molecular complexity index is 456. The standard InChI is InChI=1S/C13H17BrN2O2.ClH/c1-9-8-16(6-5-15-9)13(17)11-7-10(18-2)3-4-12(11)14;/h3-4,7,9,15H,5-6,8H2,1-2H3;1H. The maximum absolute atomic E-state index is 12.4. The van der Waals surface area contributed by atoms with Gasteiger partial charge in [0.2, 0.25) is 0 Å². The molecular formula is C13H18BrClN2O2. The van der Waals surface area contributed by atoms with Crippen LogP contribution in [0.5, 0.6) is 5.75 Å². The van der Waals surface area contributed by atoms with Crippen molar-refractivity contribution < 1.29 is 9.53 Å². The molecule has 1 saturated heterocycles. The van der Waals surface area contributed by atoms with Crippen molar-refractivity contribution in [2.45, 2.75) is 13.0 Å². The lowest BCUT2D eigenvalue weighted by atomic mass is 10.1. The van der Waals surface area contributed by atoms with Gasteiger partial charge in [-0.2, -0.15) is 0 Å². The molecule has 1 unspecified atom stereocenters. The molecule has 0 saturated carbocycles. The zero-order valence-corrected chi connectivity index (χ0v) is 13.4. The minimum absolute atomic E-state index is 0. The van der Waals surface area contributed by atoms with Gasteiger partial charge in [-0.05, 0) is 41.1 Å². The summed E-state index contributed by atoms with van der Waals surface area (Å²) in [6, 6.07) is 5.80. The lowest BCUT2D eigenvalue weighted by Gasteiger charge is -2.32. The van der Waals surface area contributed by atoms with E-state index in [0.717, 1.165) is 24.1 Å². The van der Waals surface area contributed by atoms with E-state index in [1.165, 1.54) is 0 Å². The van der Waals surface area contributed by atoms with E-state index in [9.17, 15) is 4.79 Å². The Morgan fingerprint density at radius 2 is 2.26 bits per heavy atom. The molecule has 1 fully saturated rings. The molecule has 1 heterocycles. The van der Waals surface area contributed by atoms with E-state index in [1.807, 2.05) is 17.0 Å². The van der Waals surface area contributed by atoms with Gasteiger partial charge in [0.1, 0.15) is 5.75 Å². The minimum Gasteiger partial charge on any atom is -0.497 e. The first-order valence-corrected chi connectivity index (χ1v) is 6.77. The van der Waals surface area contributed by atoms with Crippen molar-refractivity contribution in [3.8, 4) is 5.75 Å². The largest absolute Gasteiger partial charge is 0.497 e. The highest BCUT2D eigenvalue weighted by Gasteiger charge is 2.23. The monoisotopic (exact) mass is 348 g/mol. The summed E-state index contributed by atoms with van der Waals surface area (Å²) in [5, 5.41) is 3.33. The van der Waals surface area contributed by atoms with Gasteiger partial charge in [-0.25, -0.2) is 0 Å². The Kier molecular flexibility index (Phi) is 6.10. The SMILES string of the molecule is COc1ccc(Br)c(C(=O)N2CCNC(C)C2)c1.Cl. The normalized spacial score (nSPS) is 18.7. The molecule has 6 heteroatoms. The Balaban J connectivity index is 0.00000180. The molecule has 1 atom stereocenters. The summed E-state index contributed by atoms with van der Waals surface area (Å²) < 4.78 is 5.97.